The average Bonchev–Trinajstić information content (AvgIpc) is 3.46. The molecule has 6 rings (SSSR count). The first-order valence-electron chi connectivity index (χ1n) is 11.3. The quantitative estimate of drug-likeness (QED) is 0.323. The smallest absolute Gasteiger partial charge is 0.366 e. The summed E-state index contributed by atoms with van der Waals surface area (Å²) in [7, 11) is 0. The number of halogens is 3. The minimum Gasteiger partial charge on any atom is -0.366 e. The van der Waals surface area contributed by atoms with Crippen LogP contribution in [0, 0.1) is 0 Å². The summed E-state index contributed by atoms with van der Waals surface area (Å²) in [5.41, 5.74) is 8.86. The molecule has 6 aromatic rings. The Bertz CT molecular complexity index is 1740. The predicted octanol–water partition coefficient (Wildman–Crippen LogP) is 5.53. The van der Waals surface area contributed by atoms with Gasteiger partial charge in [0.25, 0.3) is 0 Å². The number of fused-ring (bicyclic) bond motifs is 2. The van der Waals surface area contributed by atoms with Crippen LogP contribution in [0.5, 0.6) is 0 Å². The monoisotopic (exact) mass is 500 g/mol. The molecule has 0 unspecified atom stereocenters. The number of hydrogen-bond acceptors (Lipinski definition) is 6. The predicted molar refractivity (Wildman–Crippen MR) is 134 cm³/mol. The highest BCUT2D eigenvalue weighted by molar-refractivity contribution is 5.84. The summed E-state index contributed by atoms with van der Waals surface area (Å²) in [6, 6.07) is 20.7. The SMILES string of the molecule is Nc1nc2c(Nc3cccc(C(F)(F)F)c3)nc(-c3ccc4cnn(Cc5ccccc5)c4c3)cn2n1. The van der Waals surface area contributed by atoms with Gasteiger partial charge in [0.15, 0.2) is 5.82 Å². The highest BCUT2D eigenvalue weighted by atomic mass is 19.4. The van der Waals surface area contributed by atoms with Crippen LogP contribution in [0.4, 0.5) is 30.6 Å². The van der Waals surface area contributed by atoms with E-state index in [1.165, 1.54) is 16.6 Å². The van der Waals surface area contributed by atoms with Gasteiger partial charge >= 0.3 is 6.18 Å². The number of anilines is 3. The lowest BCUT2D eigenvalue weighted by molar-refractivity contribution is -0.137. The van der Waals surface area contributed by atoms with Gasteiger partial charge in [0, 0.05) is 16.6 Å². The molecule has 0 fully saturated rings. The zero-order valence-electron chi connectivity index (χ0n) is 19.2. The molecule has 0 aliphatic heterocycles. The van der Waals surface area contributed by atoms with Crippen molar-refractivity contribution >= 4 is 34.0 Å². The van der Waals surface area contributed by atoms with Gasteiger partial charge in [-0.1, -0.05) is 48.5 Å². The molecule has 0 bridgehead atoms. The zero-order valence-corrected chi connectivity index (χ0v) is 19.2. The van der Waals surface area contributed by atoms with Crippen molar-refractivity contribution in [2.75, 3.05) is 11.1 Å². The van der Waals surface area contributed by atoms with Crippen molar-refractivity contribution in [3.63, 3.8) is 0 Å². The number of benzene rings is 3. The summed E-state index contributed by atoms with van der Waals surface area (Å²) >= 11 is 0. The first-order valence-corrected chi connectivity index (χ1v) is 11.3. The van der Waals surface area contributed by atoms with Crippen molar-refractivity contribution in [2.24, 2.45) is 0 Å². The van der Waals surface area contributed by atoms with Crippen molar-refractivity contribution in [1.82, 2.24) is 29.4 Å². The Morgan fingerprint density at radius 3 is 2.57 bits per heavy atom. The minimum atomic E-state index is -4.47. The Morgan fingerprint density at radius 1 is 0.919 bits per heavy atom. The van der Waals surface area contributed by atoms with Gasteiger partial charge < -0.3 is 11.1 Å². The second kappa shape index (κ2) is 8.63. The van der Waals surface area contributed by atoms with Gasteiger partial charge in [-0.05, 0) is 29.8 Å². The molecular formula is C26H19F3N8. The molecule has 0 saturated heterocycles. The lowest BCUT2D eigenvalue weighted by Gasteiger charge is -2.12. The maximum Gasteiger partial charge on any atom is 0.416 e. The second-order valence-electron chi connectivity index (χ2n) is 8.48. The van der Waals surface area contributed by atoms with Crippen LogP contribution in [0.1, 0.15) is 11.1 Å². The Balaban J connectivity index is 1.42. The number of nitrogen functional groups attached to an aromatic ring is 1. The molecule has 0 aliphatic carbocycles. The third-order valence-corrected chi connectivity index (χ3v) is 5.90. The van der Waals surface area contributed by atoms with Gasteiger partial charge in [-0.15, -0.1) is 5.10 Å². The van der Waals surface area contributed by atoms with Crippen LogP contribution in [-0.4, -0.2) is 29.4 Å². The molecule has 3 aromatic heterocycles. The number of hydrogen-bond donors (Lipinski definition) is 2. The van der Waals surface area contributed by atoms with Crippen molar-refractivity contribution in [3.8, 4) is 11.3 Å². The number of nitrogens with one attached hydrogen (secondary N) is 1. The highest BCUT2D eigenvalue weighted by Gasteiger charge is 2.30. The Hall–Kier alpha value is -4.93. The van der Waals surface area contributed by atoms with Crippen LogP contribution in [0.2, 0.25) is 0 Å². The number of alkyl halides is 3. The molecule has 0 radical (unpaired) electrons. The van der Waals surface area contributed by atoms with E-state index < -0.39 is 11.7 Å². The van der Waals surface area contributed by atoms with Gasteiger partial charge in [0.1, 0.15) is 0 Å². The molecule has 37 heavy (non-hydrogen) atoms. The minimum absolute atomic E-state index is 0.0161. The summed E-state index contributed by atoms with van der Waals surface area (Å²) in [5, 5.41) is 12.6. The Morgan fingerprint density at radius 2 is 1.76 bits per heavy atom. The van der Waals surface area contributed by atoms with E-state index in [1.807, 2.05) is 53.2 Å². The van der Waals surface area contributed by atoms with Crippen LogP contribution in [-0.2, 0) is 12.7 Å². The molecule has 0 spiro atoms. The molecule has 11 heteroatoms. The van der Waals surface area contributed by atoms with Crippen LogP contribution in [0.3, 0.4) is 0 Å². The summed E-state index contributed by atoms with van der Waals surface area (Å²) in [4.78, 5) is 8.86. The van der Waals surface area contributed by atoms with Crippen LogP contribution < -0.4 is 11.1 Å². The summed E-state index contributed by atoms with van der Waals surface area (Å²) < 4.78 is 43.0. The van der Waals surface area contributed by atoms with E-state index in [0.717, 1.165) is 34.2 Å². The van der Waals surface area contributed by atoms with Crippen LogP contribution in [0.15, 0.2) is 85.2 Å². The Labute approximate surface area is 208 Å². The zero-order chi connectivity index (χ0) is 25.6. The fourth-order valence-corrected chi connectivity index (χ4v) is 4.15. The molecule has 3 N–H and O–H groups in total. The van der Waals surface area contributed by atoms with E-state index in [0.29, 0.717) is 12.2 Å². The van der Waals surface area contributed by atoms with Crippen molar-refractivity contribution < 1.29 is 13.2 Å². The third-order valence-electron chi connectivity index (χ3n) is 5.90. The van der Waals surface area contributed by atoms with E-state index in [2.05, 4.69) is 25.5 Å². The molecule has 3 aromatic carbocycles. The summed E-state index contributed by atoms with van der Waals surface area (Å²) in [6.45, 7) is 0.599. The molecular weight excluding hydrogens is 481 g/mol. The number of nitrogens with two attached hydrogens (primary N) is 1. The Kier molecular flexibility index (Phi) is 5.25. The second-order valence-corrected chi connectivity index (χ2v) is 8.48. The first-order chi connectivity index (χ1) is 17.8. The topological polar surface area (TPSA) is 99.0 Å². The number of nitrogens with zero attached hydrogens (tertiary/aromatic N) is 6. The maximum absolute atomic E-state index is 13.2. The standard InChI is InChI=1S/C26H19F3N8/c27-26(28,29)19-7-4-8-20(12-19)32-23-24-34-25(30)35-37(24)15-21(33-23)17-9-10-18-13-31-36(22(18)11-17)14-16-5-2-1-3-6-16/h1-13,15H,14H2,(H2,30,35)(H,32,33). The van der Waals surface area contributed by atoms with Gasteiger partial charge in [0.2, 0.25) is 11.6 Å². The van der Waals surface area contributed by atoms with Crippen molar-refractivity contribution in [1.29, 1.82) is 0 Å². The molecule has 0 atom stereocenters. The molecule has 3 heterocycles. The third kappa shape index (κ3) is 4.42. The van der Waals surface area contributed by atoms with Gasteiger partial charge in [-0.3, -0.25) is 4.68 Å². The molecule has 0 amide bonds. The van der Waals surface area contributed by atoms with Gasteiger partial charge in [-0.25, -0.2) is 9.50 Å². The van der Waals surface area contributed by atoms with E-state index >= 15 is 0 Å². The molecule has 8 nitrogen and oxygen atoms in total. The highest BCUT2D eigenvalue weighted by Crippen LogP contribution is 2.32. The normalized spacial score (nSPS) is 11.9. The largest absolute Gasteiger partial charge is 0.416 e. The lowest BCUT2D eigenvalue weighted by atomic mass is 10.1. The fraction of sp³-hybridized carbons (Fsp3) is 0.0769. The van der Waals surface area contributed by atoms with Gasteiger partial charge in [0.05, 0.1) is 35.7 Å². The summed E-state index contributed by atoms with van der Waals surface area (Å²) in [5.74, 6) is 0.237. The van der Waals surface area contributed by atoms with Crippen molar-refractivity contribution in [2.45, 2.75) is 12.7 Å². The van der Waals surface area contributed by atoms with E-state index in [9.17, 15) is 13.2 Å². The fourth-order valence-electron chi connectivity index (χ4n) is 4.15. The molecule has 0 saturated carbocycles. The maximum atomic E-state index is 13.2. The van der Waals surface area contributed by atoms with E-state index in [1.54, 1.807) is 12.4 Å². The number of rotatable bonds is 5. The van der Waals surface area contributed by atoms with Gasteiger partial charge in [-0.2, -0.15) is 23.3 Å². The van der Waals surface area contributed by atoms with Crippen molar-refractivity contribution in [3.05, 3.63) is 96.3 Å². The van der Waals surface area contributed by atoms with E-state index in [-0.39, 0.29) is 23.1 Å². The number of aromatic nitrogens is 6. The first kappa shape index (κ1) is 22.5. The van der Waals surface area contributed by atoms with E-state index in [4.69, 9.17) is 5.73 Å². The van der Waals surface area contributed by atoms with Crippen LogP contribution >= 0.6 is 0 Å². The molecule has 184 valence electrons. The summed E-state index contributed by atoms with van der Waals surface area (Å²) in [6.07, 6.45) is -0.994. The lowest BCUT2D eigenvalue weighted by Crippen LogP contribution is -2.06. The van der Waals surface area contributed by atoms with Crippen LogP contribution in [0.25, 0.3) is 27.8 Å². The average molecular weight is 500 g/mol. The molecule has 0 aliphatic rings.